The van der Waals surface area contributed by atoms with Crippen LogP contribution in [0.1, 0.15) is 65.5 Å². The lowest BCUT2D eigenvalue weighted by Gasteiger charge is -2.31. The van der Waals surface area contributed by atoms with Gasteiger partial charge in [-0.05, 0) is 59.9 Å². The number of rotatable bonds is 7. The normalized spacial score (nSPS) is 18.9. The van der Waals surface area contributed by atoms with E-state index in [1.165, 1.54) is 41.0 Å². The standard InChI is InChI=1S/C36H32F3N3O6S2/c1-5-48-33(46)20-12-16-22(17-13-20)40-25(43)18-41-32-29(50-34(41)47)26(19-10-14-21(15-11-19)35(2,3)4)27-28(49-32)31(45)42(30(27)44)24-9-7-6-8-23(24)36(37,38)39/h6-17,26-28H,5,18H2,1-4H3,(H,40,43). The van der Waals surface area contributed by atoms with Crippen LogP contribution in [-0.2, 0) is 37.3 Å². The number of thioether (sulfide) groups is 1. The van der Waals surface area contributed by atoms with Crippen LogP contribution >= 0.6 is 23.1 Å². The lowest BCUT2D eigenvalue weighted by atomic mass is 9.81. The summed E-state index contributed by atoms with van der Waals surface area (Å²) in [6.07, 6.45) is -4.83. The van der Waals surface area contributed by atoms with E-state index in [1.54, 1.807) is 6.92 Å². The van der Waals surface area contributed by atoms with Crippen LogP contribution in [0.15, 0.2) is 82.6 Å². The molecule has 14 heteroatoms. The van der Waals surface area contributed by atoms with E-state index in [-0.39, 0.29) is 12.0 Å². The van der Waals surface area contributed by atoms with Gasteiger partial charge in [0.05, 0.1) is 34.4 Å². The number of nitrogens with one attached hydrogen (secondary N) is 1. The van der Waals surface area contributed by atoms with Gasteiger partial charge < -0.3 is 10.1 Å². The number of carbonyl (C=O) groups excluding carboxylic acids is 4. The Morgan fingerprint density at radius 3 is 2.18 bits per heavy atom. The van der Waals surface area contributed by atoms with Crippen LogP contribution < -0.4 is 15.1 Å². The monoisotopic (exact) mass is 723 g/mol. The molecule has 50 heavy (non-hydrogen) atoms. The third-order valence-electron chi connectivity index (χ3n) is 8.62. The number of fused-ring (bicyclic) bond motifs is 2. The molecule has 1 aromatic heterocycles. The Bertz CT molecular complexity index is 2050. The zero-order valence-corrected chi connectivity index (χ0v) is 29.0. The number of alkyl halides is 3. The van der Waals surface area contributed by atoms with Crippen molar-refractivity contribution in [3.63, 3.8) is 0 Å². The molecule has 1 N–H and O–H groups in total. The number of anilines is 2. The largest absolute Gasteiger partial charge is 0.462 e. The average Bonchev–Trinajstić information content (AvgIpc) is 3.50. The molecule has 3 amide bonds. The zero-order chi connectivity index (χ0) is 36.1. The maximum Gasteiger partial charge on any atom is 0.418 e. The quantitative estimate of drug-likeness (QED) is 0.164. The molecule has 2 aliphatic heterocycles. The molecule has 0 radical (unpaired) electrons. The molecule has 3 heterocycles. The molecule has 0 spiro atoms. The number of esters is 1. The summed E-state index contributed by atoms with van der Waals surface area (Å²) in [5, 5.41) is 1.83. The second-order valence-electron chi connectivity index (χ2n) is 12.9. The van der Waals surface area contributed by atoms with Crippen molar-refractivity contribution in [1.29, 1.82) is 0 Å². The van der Waals surface area contributed by atoms with Gasteiger partial charge in [0.1, 0.15) is 11.8 Å². The minimum Gasteiger partial charge on any atom is -0.462 e. The first-order valence-electron chi connectivity index (χ1n) is 15.7. The fraction of sp³-hybridized carbons (Fsp3) is 0.306. The number of nitrogens with zero attached hydrogens (tertiary/aromatic N) is 2. The van der Waals surface area contributed by atoms with Gasteiger partial charge in [-0.3, -0.25) is 23.7 Å². The number of amides is 3. The number of aromatic nitrogens is 1. The molecule has 260 valence electrons. The zero-order valence-electron chi connectivity index (χ0n) is 27.4. The van der Waals surface area contributed by atoms with Crippen molar-refractivity contribution >= 4 is 58.2 Å². The van der Waals surface area contributed by atoms with E-state index in [0.29, 0.717) is 31.6 Å². The number of benzene rings is 3. The van der Waals surface area contributed by atoms with Crippen molar-refractivity contribution in [2.24, 2.45) is 5.92 Å². The summed E-state index contributed by atoms with van der Waals surface area (Å²) in [6, 6.07) is 17.9. The molecule has 6 rings (SSSR count). The highest BCUT2D eigenvalue weighted by molar-refractivity contribution is 8.00. The third kappa shape index (κ3) is 6.49. The predicted octanol–water partition coefficient (Wildman–Crippen LogP) is 6.84. The van der Waals surface area contributed by atoms with E-state index in [0.717, 1.165) is 40.8 Å². The Labute approximate surface area is 293 Å². The molecule has 1 fully saturated rings. The van der Waals surface area contributed by atoms with Crippen LogP contribution in [0.4, 0.5) is 24.5 Å². The molecule has 3 aromatic carbocycles. The highest BCUT2D eigenvalue weighted by Gasteiger charge is 2.57. The van der Waals surface area contributed by atoms with Crippen LogP contribution in [0.5, 0.6) is 0 Å². The maximum atomic E-state index is 14.2. The summed E-state index contributed by atoms with van der Waals surface area (Å²) in [5.74, 6) is -4.67. The molecule has 9 nitrogen and oxygen atoms in total. The summed E-state index contributed by atoms with van der Waals surface area (Å²) in [6.45, 7) is 7.56. The van der Waals surface area contributed by atoms with Gasteiger partial charge in [0.15, 0.2) is 0 Å². The molecule has 3 atom stereocenters. The van der Waals surface area contributed by atoms with Gasteiger partial charge in [0.2, 0.25) is 17.7 Å². The van der Waals surface area contributed by atoms with Crippen molar-refractivity contribution in [2.45, 2.75) is 62.0 Å². The fourth-order valence-corrected chi connectivity index (χ4v) is 8.97. The van der Waals surface area contributed by atoms with E-state index < -0.39 is 69.6 Å². The Morgan fingerprint density at radius 2 is 1.56 bits per heavy atom. The first-order chi connectivity index (χ1) is 23.6. The van der Waals surface area contributed by atoms with E-state index in [1.807, 2.05) is 45.0 Å². The first-order valence-corrected chi connectivity index (χ1v) is 17.4. The molecule has 0 bridgehead atoms. The van der Waals surface area contributed by atoms with Crippen LogP contribution in [0, 0.1) is 5.92 Å². The van der Waals surface area contributed by atoms with E-state index in [2.05, 4.69) is 5.32 Å². The van der Waals surface area contributed by atoms with Crippen LogP contribution in [-0.4, -0.2) is 40.1 Å². The van der Waals surface area contributed by atoms with E-state index >= 15 is 0 Å². The Morgan fingerprint density at radius 1 is 0.900 bits per heavy atom. The molecule has 0 saturated carbocycles. The topological polar surface area (TPSA) is 115 Å². The molecule has 0 aliphatic carbocycles. The van der Waals surface area contributed by atoms with Gasteiger partial charge >= 0.3 is 17.0 Å². The smallest absolute Gasteiger partial charge is 0.418 e. The second-order valence-corrected chi connectivity index (χ2v) is 15.0. The van der Waals surface area contributed by atoms with Gasteiger partial charge in [0.25, 0.3) is 0 Å². The summed E-state index contributed by atoms with van der Waals surface area (Å²) in [7, 11) is 0. The summed E-state index contributed by atoms with van der Waals surface area (Å²) in [5.41, 5.74) is 0.392. The van der Waals surface area contributed by atoms with Gasteiger partial charge in [-0.1, -0.05) is 80.3 Å². The van der Waals surface area contributed by atoms with Crippen LogP contribution in [0.2, 0.25) is 0 Å². The number of halogens is 3. The lowest BCUT2D eigenvalue weighted by Crippen LogP contribution is -2.33. The Kier molecular flexibility index (Phi) is 9.29. The summed E-state index contributed by atoms with van der Waals surface area (Å²) >= 11 is 1.75. The predicted molar refractivity (Wildman–Crippen MR) is 184 cm³/mol. The molecule has 1 saturated heterocycles. The average molecular weight is 724 g/mol. The van der Waals surface area contributed by atoms with Crippen LogP contribution in [0.3, 0.4) is 0 Å². The number of para-hydroxylation sites is 1. The van der Waals surface area contributed by atoms with Crippen molar-refractivity contribution in [1.82, 2.24) is 4.57 Å². The van der Waals surface area contributed by atoms with Crippen molar-refractivity contribution in [2.75, 3.05) is 16.8 Å². The number of hydrogen-bond acceptors (Lipinski definition) is 8. The second kappa shape index (κ2) is 13.2. The van der Waals surface area contributed by atoms with Gasteiger partial charge in [0, 0.05) is 16.5 Å². The van der Waals surface area contributed by atoms with Crippen molar-refractivity contribution in [3.8, 4) is 0 Å². The van der Waals surface area contributed by atoms with Crippen LogP contribution in [0.25, 0.3) is 0 Å². The highest BCUT2D eigenvalue weighted by atomic mass is 32.2. The number of carbonyl (C=O) groups is 4. The Hall–Kier alpha value is -4.69. The van der Waals surface area contributed by atoms with Gasteiger partial charge in [-0.25, -0.2) is 9.69 Å². The fourth-order valence-electron chi connectivity index (χ4n) is 6.20. The number of imide groups is 1. The SMILES string of the molecule is CCOC(=O)c1ccc(NC(=O)Cn2c3c(sc2=O)C(c2ccc(C(C)(C)C)cc2)C2C(=O)N(c4ccccc4C(F)(F)F)C(=O)C2S3)cc1. The minimum absolute atomic E-state index is 0.202. The molecular weight excluding hydrogens is 692 g/mol. The van der Waals surface area contributed by atoms with Gasteiger partial charge in [-0.15, -0.1) is 0 Å². The van der Waals surface area contributed by atoms with E-state index in [4.69, 9.17) is 4.74 Å². The van der Waals surface area contributed by atoms with E-state index in [9.17, 15) is 37.1 Å². The third-order valence-corrected chi connectivity index (χ3v) is 11.2. The van der Waals surface area contributed by atoms with Crippen molar-refractivity contribution in [3.05, 3.63) is 110 Å². The number of ether oxygens (including phenoxy) is 1. The molecule has 2 aliphatic rings. The first kappa shape index (κ1) is 35.1. The van der Waals surface area contributed by atoms with Gasteiger partial charge in [-0.2, -0.15) is 13.2 Å². The van der Waals surface area contributed by atoms with Crippen molar-refractivity contribution < 1.29 is 37.1 Å². The molecule has 3 unspecified atom stereocenters. The number of thiazole rings is 1. The molecular formula is C36H32F3N3O6S2. The maximum absolute atomic E-state index is 14.2. The molecule has 4 aromatic rings. The lowest BCUT2D eigenvalue weighted by molar-refractivity contribution is -0.137. The highest BCUT2D eigenvalue weighted by Crippen LogP contribution is 2.54. The number of hydrogen-bond donors (Lipinski definition) is 1. The summed E-state index contributed by atoms with van der Waals surface area (Å²) < 4.78 is 48.4. The summed E-state index contributed by atoms with van der Waals surface area (Å²) in [4.78, 5) is 67.5. The Balaban J connectivity index is 1.38. The minimum atomic E-state index is -4.83.